The van der Waals surface area contributed by atoms with Crippen molar-refractivity contribution in [3.05, 3.63) is 71.8 Å². The SMILES string of the molecule is O[N+]1(Cc2ccccc2)CC(c2ccccc2)C1. The number of likely N-dealkylation sites (tertiary alicyclic amines) is 1. The molecule has 2 nitrogen and oxygen atoms in total. The highest BCUT2D eigenvalue weighted by Crippen LogP contribution is 2.33. The lowest BCUT2D eigenvalue weighted by atomic mass is 9.90. The molecule has 0 aromatic heterocycles. The molecule has 0 aliphatic carbocycles. The van der Waals surface area contributed by atoms with Crippen molar-refractivity contribution in [2.45, 2.75) is 12.5 Å². The predicted molar refractivity (Wildman–Crippen MR) is 71.1 cm³/mol. The van der Waals surface area contributed by atoms with E-state index in [9.17, 15) is 5.21 Å². The largest absolute Gasteiger partial charge is 0.217 e. The number of hydroxylamine groups is 3. The first-order chi connectivity index (χ1) is 8.75. The van der Waals surface area contributed by atoms with Gasteiger partial charge in [-0.1, -0.05) is 60.7 Å². The molecule has 1 aliphatic rings. The van der Waals surface area contributed by atoms with Crippen LogP contribution in [0.1, 0.15) is 17.0 Å². The minimum atomic E-state index is 0.170. The molecule has 1 fully saturated rings. The Balaban J connectivity index is 1.64. The van der Waals surface area contributed by atoms with Gasteiger partial charge < -0.3 is 0 Å². The molecule has 3 rings (SSSR count). The molecule has 92 valence electrons. The number of hydrogen-bond donors (Lipinski definition) is 1. The van der Waals surface area contributed by atoms with Gasteiger partial charge in [-0.25, -0.2) is 5.21 Å². The Morgan fingerprint density at radius 2 is 1.44 bits per heavy atom. The van der Waals surface area contributed by atoms with Gasteiger partial charge in [0.2, 0.25) is 0 Å². The van der Waals surface area contributed by atoms with Gasteiger partial charge in [0.25, 0.3) is 0 Å². The summed E-state index contributed by atoms with van der Waals surface area (Å²) >= 11 is 0. The van der Waals surface area contributed by atoms with Gasteiger partial charge in [-0.15, -0.1) is 0 Å². The minimum absolute atomic E-state index is 0.170. The highest BCUT2D eigenvalue weighted by atomic mass is 16.5. The Bertz CT molecular complexity index is 503. The average Bonchev–Trinajstić information content (AvgIpc) is 2.38. The van der Waals surface area contributed by atoms with Crippen LogP contribution in [0.15, 0.2) is 60.7 Å². The molecule has 1 heterocycles. The summed E-state index contributed by atoms with van der Waals surface area (Å²) in [6.07, 6.45) is 0. The number of rotatable bonds is 3. The summed E-state index contributed by atoms with van der Waals surface area (Å²) in [5.74, 6) is 0.500. The van der Waals surface area contributed by atoms with Crippen molar-refractivity contribution < 1.29 is 9.85 Å². The van der Waals surface area contributed by atoms with E-state index in [2.05, 4.69) is 36.4 Å². The van der Waals surface area contributed by atoms with Gasteiger partial charge in [0, 0.05) is 5.56 Å². The highest BCUT2D eigenvalue weighted by Gasteiger charge is 2.44. The molecule has 1 saturated heterocycles. The van der Waals surface area contributed by atoms with Gasteiger partial charge in [-0.2, -0.15) is 4.65 Å². The van der Waals surface area contributed by atoms with E-state index in [1.54, 1.807) is 0 Å². The van der Waals surface area contributed by atoms with E-state index in [4.69, 9.17) is 0 Å². The number of hydrogen-bond acceptors (Lipinski definition) is 1. The second kappa shape index (κ2) is 4.56. The standard InChI is InChI=1S/C16H18NO/c18-17(11-14-7-3-1-4-8-14)12-16(13-17)15-9-5-2-6-10-15/h1-10,16,18H,11-13H2/q+1. The lowest BCUT2D eigenvalue weighted by molar-refractivity contribution is -1.14. The molecule has 0 spiro atoms. The molecular weight excluding hydrogens is 222 g/mol. The quantitative estimate of drug-likeness (QED) is 0.817. The smallest absolute Gasteiger partial charge is 0.134 e. The van der Waals surface area contributed by atoms with Crippen molar-refractivity contribution in [1.29, 1.82) is 0 Å². The molecule has 0 saturated carbocycles. The third kappa shape index (κ3) is 2.30. The van der Waals surface area contributed by atoms with Gasteiger partial charge in [-0.3, -0.25) is 0 Å². The monoisotopic (exact) mass is 240 g/mol. The van der Waals surface area contributed by atoms with Crippen LogP contribution in [0.25, 0.3) is 0 Å². The molecule has 2 aromatic carbocycles. The van der Waals surface area contributed by atoms with Crippen molar-refractivity contribution in [2.24, 2.45) is 0 Å². The lowest BCUT2D eigenvalue weighted by Gasteiger charge is -2.43. The average molecular weight is 240 g/mol. The Morgan fingerprint density at radius 1 is 0.889 bits per heavy atom. The summed E-state index contributed by atoms with van der Waals surface area (Å²) in [7, 11) is 0. The van der Waals surface area contributed by atoms with Gasteiger partial charge in [0.1, 0.15) is 19.6 Å². The van der Waals surface area contributed by atoms with E-state index in [0.717, 1.165) is 13.1 Å². The summed E-state index contributed by atoms with van der Waals surface area (Å²) < 4.78 is 0.170. The first-order valence-corrected chi connectivity index (χ1v) is 6.43. The molecule has 0 radical (unpaired) electrons. The van der Waals surface area contributed by atoms with Crippen LogP contribution in [0.4, 0.5) is 0 Å². The number of nitrogens with zero attached hydrogens (tertiary/aromatic N) is 1. The van der Waals surface area contributed by atoms with Crippen molar-refractivity contribution >= 4 is 0 Å². The first-order valence-electron chi connectivity index (χ1n) is 6.43. The minimum Gasteiger partial charge on any atom is -0.217 e. The maximum absolute atomic E-state index is 10.4. The summed E-state index contributed by atoms with van der Waals surface area (Å²) in [6.45, 7) is 2.35. The fourth-order valence-electron chi connectivity index (χ4n) is 2.76. The summed E-state index contributed by atoms with van der Waals surface area (Å²) in [6, 6.07) is 20.7. The Morgan fingerprint density at radius 3 is 2.06 bits per heavy atom. The summed E-state index contributed by atoms with van der Waals surface area (Å²) in [5, 5.41) is 10.4. The molecule has 1 N–H and O–H groups in total. The maximum atomic E-state index is 10.4. The zero-order valence-corrected chi connectivity index (χ0v) is 10.4. The molecule has 0 atom stereocenters. The van der Waals surface area contributed by atoms with E-state index < -0.39 is 0 Å². The molecule has 0 amide bonds. The normalized spacial score (nSPS) is 26.6. The lowest BCUT2D eigenvalue weighted by Crippen LogP contribution is -2.59. The van der Waals surface area contributed by atoms with E-state index in [-0.39, 0.29) is 4.65 Å². The van der Waals surface area contributed by atoms with Crippen LogP contribution in [-0.4, -0.2) is 22.9 Å². The molecular formula is C16H18NO+. The first kappa shape index (κ1) is 11.5. The van der Waals surface area contributed by atoms with Gasteiger partial charge in [0.05, 0.1) is 5.92 Å². The molecule has 0 unspecified atom stereocenters. The number of quaternary nitrogens is 1. The van der Waals surface area contributed by atoms with Crippen LogP contribution in [0.5, 0.6) is 0 Å². The van der Waals surface area contributed by atoms with Crippen molar-refractivity contribution in [2.75, 3.05) is 13.1 Å². The third-order valence-corrected chi connectivity index (χ3v) is 3.71. The number of benzene rings is 2. The van der Waals surface area contributed by atoms with Crippen LogP contribution in [0.2, 0.25) is 0 Å². The molecule has 2 aromatic rings. The summed E-state index contributed by atoms with van der Waals surface area (Å²) in [5.41, 5.74) is 2.54. The van der Waals surface area contributed by atoms with E-state index >= 15 is 0 Å². The Labute approximate surface area is 108 Å². The van der Waals surface area contributed by atoms with Gasteiger partial charge >= 0.3 is 0 Å². The Kier molecular flexibility index (Phi) is 2.90. The maximum Gasteiger partial charge on any atom is 0.134 e. The molecule has 18 heavy (non-hydrogen) atoms. The van der Waals surface area contributed by atoms with Crippen LogP contribution < -0.4 is 0 Å². The van der Waals surface area contributed by atoms with Crippen LogP contribution in [0.3, 0.4) is 0 Å². The molecule has 0 bridgehead atoms. The second-order valence-electron chi connectivity index (χ2n) is 5.21. The van der Waals surface area contributed by atoms with Crippen molar-refractivity contribution in [3.63, 3.8) is 0 Å². The van der Waals surface area contributed by atoms with Crippen molar-refractivity contribution in [1.82, 2.24) is 0 Å². The predicted octanol–water partition coefficient (Wildman–Crippen LogP) is 3.19. The van der Waals surface area contributed by atoms with Crippen molar-refractivity contribution in [3.8, 4) is 0 Å². The van der Waals surface area contributed by atoms with Gasteiger partial charge in [0.15, 0.2) is 0 Å². The fraction of sp³-hybridized carbons (Fsp3) is 0.250. The van der Waals surface area contributed by atoms with E-state index in [1.165, 1.54) is 11.1 Å². The summed E-state index contributed by atoms with van der Waals surface area (Å²) in [4.78, 5) is 0. The van der Waals surface area contributed by atoms with Crippen LogP contribution >= 0.6 is 0 Å². The zero-order chi connectivity index (χ0) is 12.4. The van der Waals surface area contributed by atoms with E-state index in [0.29, 0.717) is 12.5 Å². The van der Waals surface area contributed by atoms with E-state index in [1.807, 2.05) is 24.3 Å². The van der Waals surface area contributed by atoms with Gasteiger partial charge in [-0.05, 0) is 5.56 Å². The molecule has 2 heteroatoms. The second-order valence-corrected chi connectivity index (χ2v) is 5.21. The third-order valence-electron chi connectivity index (χ3n) is 3.71. The zero-order valence-electron chi connectivity index (χ0n) is 10.4. The Hall–Kier alpha value is -1.64. The van der Waals surface area contributed by atoms with Crippen LogP contribution in [0, 0.1) is 0 Å². The molecule has 1 aliphatic heterocycles. The van der Waals surface area contributed by atoms with Crippen LogP contribution in [-0.2, 0) is 6.54 Å². The fourth-order valence-corrected chi connectivity index (χ4v) is 2.76. The highest BCUT2D eigenvalue weighted by molar-refractivity contribution is 5.21. The topological polar surface area (TPSA) is 20.2 Å².